The van der Waals surface area contributed by atoms with Gasteiger partial charge in [-0.15, -0.1) is 0 Å². The first-order chi connectivity index (χ1) is 19.7. The molecule has 1 aliphatic rings. The van der Waals surface area contributed by atoms with Crippen LogP contribution in [0.4, 0.5) is 5.95 Å². The van der Waals surface area contributed by atoms with E-state index in [0.29, 0.717) is 10.9 Å². The van der Waals surface area contributed by atoms with Gasteiger partial charge in [-0.1, -0.05) is 54.6 Å². The topological polar surface area (TPSA) is 90.0 Å². The van der Waals surface area contributed by atoms with Gasteiger partial charge in [-0.3, -0.25) is 9.69 Å². The van der Waals surface area contributed by atoms with Crippen LogP contribution in [0.3, 0.4) is 0 Å². The summed E-state index contributed by atoms with van der Waals surface area (Å²) in [6, 6.07) is 24.4. The number of hydrogen-bond donors (Lipinski definition) is 2. The predicted octanol–water partition coefficient (Wildman–Crippen LogP) is 4.00. The Kier molecular flexibility index (Phi) is 7.88. The summed E-state index contributed by atoms with van der Waals surface area (Å²) in [5, 5.41) is 4.20. The lowest BCUT2D eigenvalue weighted by atomic mass is 9.97. The molecule has 8 heteroatoms. The molecule has 1 saturated heterocycles. The van der Waals surface area contributed by atoms with Gasteiger partial charge in [0.05, 0.1) is 16.6 Å². The monoisotopic (exact) mass is 531 g/mol. The number of hydrogen-bond acceptors (Lipinski definition) is 7. The molecule has 8 nitrogen and oxygen atoms in total. The Balaban J connectivity index is 1.04. The molecule has 0 bridgehead atoms. The van der Waals surface area contributed by atoms with E-state index < -0.39 is 0 Å². The Labute approximate surface area is 233 Å². The molecule has 4 heterocycles. The highest BCUT2D eigenvalue weighted by molar-refractivity contribution is 5.91. The number of H-pyrrole nitrogens is 1. The lowest BCUT2D eigenvalue weighted by molar-refractivity contribution is 0.257. The number of pyridine rings is 2. The zero-order chi connectivity index (χ0) is 27.1. The summed E-state index contributed by atoms with van der Waals surface area (Å²) in [6.07, 6.45) is 6.22. The number of fused-ring (bicyclic) bond motifs is 1. The number of benzene rings is 2. The molecule has 0 spiro atoms. The third kappa shape index (κ3) is 5.93. The van der Waals surface area contributed by atoms with Crippen molar-refractivity contribution >= 4 is 16.9 Å². The van der Waals surface area contributed by atoms with Crippen molar-refractivity contribution in [3.05, 3.63) is 107 Å². The van der Waals surface area contributed by atoms with Crippen LogP contribution in [0.1, 0.15) is 5.56 Å². The van der Waals surface area contributed by atoms with E-state index in [-0.39, 0.29) is 5.56 Å². The van der Waals surface area contributed by atoms with Crippen molar-refractivity contribution in [2.24, 2.45) is 0 Å². The lowest BCUT2D eigenvalue weighted by Crippen LogP contribution is -2.48. The summed E-state index contributed by atoms with van der Waals surface area (Å²) >= 11 is 0. The fraction of sp³-hybridized carbons (Fsp3) is 0.250. The van der Waals surface area contributed by atoms with Crippen molar-refractivity contribution in [2.45, 2.75) is 6.42 Å². The van der Waals surface area contributed by atoms with Gasteiger partial charge in [-0.05, 0) is 42.3 Å². The highest BCUT2D eigenvalue weighted by Crippen LogP contribution is 2.32. The van der Waals surface area contributed by atoms with E-state index in [4.69, 9.17) is 4.98 Å². The average Bonchev–Trinajstić information content (AvgIpc) is 3.02. The molecule has 3 aromatic heterocycles. The summed E-state index contributed by atoms with van der Waals surface area (Å²) in [7, 11) is 0. The molecule has 6 rings (SSSR count). The SMILES string of the molecule is O=c1[nH]ccc2nc(-c3ccc(CCNCCN4CCN(c5ncccn5)CC4)cc3)c(-c3ccccc3)cc12. The average molecular weight is 532 g/mol. The molecule has 1 fully saturated rings. The van der Waals surface area contributed by atoms with E-state index in [1.165, 1.54) is 5.56 Å². The zero-order valence-electron chi connectivity index (χ0n) is 22.5. The van der Waals surface area contributed by atoms with Crippen LogP contribution in [0, 0.1) is 0 Å². The van der Waals surface area contributed by atoms with Gasteiger partial charge in [0.2, 0.25) is 5.95 Å². The van der Waals surface area contributed by atoms with Crippen LogP contribution in [-0.2, 0) is 6.42 Å². The number of rotatable bonds is 9. The quantitative estimate of drug-likeness (QED) is 0.278. The van der Waals surface area contributed by atoms with Crippen LogP contribution < -0.4 is 15.8 Å². The number of nitrogens with zero attached hydrogens (tertiary/aromatic N) is 5. The van der Waals surface area contributed by atoms with Crippen LogP contribution in [0.5, 0.6) is 0 Å². The Morgan fingerprint density at radius 3 is 2.38 bits per heavy atom. The standard InChI is InChI=1S/C32H33N7O/c40-31-28-23-27(25-5-2-1-3-6-25)30(37-29(28)12-16-34-31)26-9-7-24(8-10-26)11-15-33-17-18-38-19-21-39(22-20-38)32-35-13-4-14-36-32/h1-10,12-14,16,23,33H,11,15,17-22H2,(H,34,40). The maximum absolute atomic E-state index is 12.4. The summed E-state index contributed by atoms with van der Waals surface area (Å²) in [4.78, 5) is 33.6. The minimum absolute atomic E-state index is 0.124. The third-order valence-corrected chi connectivity index (χ3v) is 7.47. The zero-order valence-corrected chi connectivity index (χ0v) is 22.5. The van der Waals surface area contributed by atoms with Crippen molar-refractivity contribution in [1.29, 1.82) is 0 Å². The van der Waals surface area contributed by atoms with Gasteiger partial charge in [0.25, 0.3) is 5.56 Å². The number of piperazine rings is 1. The van der Waals surface area contributed by atoms with Gasteiger partial charge in [-0.25, -0.2) is 15.0 Å². The van der Waals surface area contributed by atoms with E-state index in [1.54, 1.807) is 18.6 Å². The second-order valence-corrected chi connectivity index (χ2v) is 10.1. The van der Waals surface area contributed by atoms with Crippen LogP contribution in [0.15, 0.2) is 96.2 Å². The largest absolute Gasteiger partial charge is 0.338 e. The fourth-order valence-corrected chi connectivity index (χ4v) is 5.22. The van der Waals surface area contributed by atoms with Gasteiger partial charge in [0, 0.05) is 69.0 Å². The van der Waals surface area contributed by atoms with Crippen LogP contribution >= 0.6 is 0 Å². The number of nitrogens with one attached hydrogen (secondary N) is 2. The Hall–Kier alpha value is -4.40. The second-order valence-electron chi connectivity index (χ2n) is 10.1. The second kappa shape index (κ2) is 12.2. The molecule has 202 valence electrons. The number of aromatic nitrogens is 4. The Bertz CT molecular complexity index is 1600. The first-order valence-electron chi connectivity index (χ1n) is 13.9. The fourth-order valence-electron chi connectivity index (χ4n) is 5.22. The van der Waals surface area contributed by atoms with Crippen molar-refractivity contribution in [3.63, 3.8) is 0 Å². The van der Waals surface area contributed by atoms with Gasteiger partial charge in [0.15, 0.2) is 0 Å². The normalized spacial score (nSPS) is 14.1. The third-order valence-electron chi connectivity index (χ3n) is 7.47. The maximum atomic E-state index is 12.4. The van der Waals surface area contributed by atoms with Crippen molar-refractivity contribution in [2.75, 3.05) is 50.7 Å². The molecule has 0 radical (unpaired) electrons. The molecule has 0 unspecified atom stereocenters. The van der Waals surface area contributed by atoms with Crippen molar-refractivity contribution < 1.29 is 0 Å². The van der Waals surface area contributed by atoms with Crippen LogP contribution in [0.2, 0.25) is 0 Å². The molecule has 0 atom stereocenters. The minimum Gasteiger partial charge on any atom is -0.338 e. The molecule has 5 aromatic rings. The smallest absolute Gasteiger partial charge is 0.257 e. The van der Waals surface area contributed by atoms with Gasteiger partial charge >= 0.3 is 0 Å². The van der Waals surface area contributed by atoms with Gasteiger partial charge in [-0.2, -0.15) is 0 Å². The summed E-state index contributed by atoms with van der Waals surface area (Å²) in [5.74, 6) is 0.828. The first-order valence-corrected chi connectivity index (χ1v) is 13.9. The van der Waals surface area contributed by atoms with E-state index in [1.807, 2.05) is 36.4 Å². The predicted molar refractivity (Wildman–Crippen MR) is 160 cm³/mol. The molecule has 1 aliphatic heterocycles. The number of aromatic amines is 1. The van der Waals surface area contributed by atoms with Crippen LogP contribution in [-0.4, -0.2) is 70.6 Å². The maximum Gasteiger partial charge on any atom is 0.257 e. The summed E-state index contributed by atoms with van der Waals surface area (Å²) < 4.78 is 0. The molecule has 0 amide bonds. The number of anilines is 1. The minimum atomic E-state index is -0.124. The van der Waals surface area contributed by atoms with Crippen LogP contribution in [0.25, 0.3) is 33.3 Å². The molecule has 2 N–H and O–H groups in total. The Morgan fingerprint density at radius 1 is 0.825 bits per heavy atom. The van der Waals surface area contributed by atoms with Crippen molar-refractivity contribution in [3.8, 4) is 22.4 Å². The highest BCUT2D eigenvalue weighted by atomic mass is 16.1. The lowest BCUT2D eigenvalue weighted by Gasteiger charge is -2.34. The van der Waals surface area contributed by atoms with E-state index in [9.17, 15) is 4.79 Å². The summed E-state index contributed by atoms with van der Waals surface area (Å²) in [5.41, 5.74) is 5.77. The van der Waals surface area contributed by atoms with E-state index in [0.717, 1.165) is 80.6 Å². The van der Waals surface area contributed by atoms with Crippen molar-refractivity contribution in [1.82, 2.24) is 30.2 Å². The molecule has 2 aromatic carbocycles. The highest BCUT2D eigenvalue weighted by Gasteiger charge is 2.18. The van der Waals surface area contributed by atoms with E-state index >= 15 is 0 Å². The van der Waals surface area contributed by atoms with E-state index in [2.05, 4.69) is 66.5 Å². The van der Waals surface area contributed by atoms with Gasteiger partial charge < -0.3 is 15.2 Å². The molecular weight excluding hydrogens is 498 g/mol. The molecule has 0 saturated carbocycles. The van der Waals surface area contributed by atoms with Gasteiger partial charge in [0.1, 0.15) is 0 Å². The molecule has 0 aliphatic carbocycles. The summed E-state index contributed by atoms with van der Waals surface area (Å²) in [6.45, 7) is 6.94. The first kappa shape index (κ1) is 25.9. The molecular formula is C32H33N7O. The molecule has 40 heavy (non-hydrogen) atoms. The Morgan fingerprint density at radius 2 is 1.60 bits per heavy atom.